The number of halogens is 1. The molecule has 0 aliphatic carbocycles. The van der Waals surface area contributed by atoms with E-state index in [1.165, 1.54) is 16.3 Å². The number of hydrogen-bond donors (Lipinski definition) is 1. The molecule has 1 heterocycles. The van der Waals surface area contributed by atoms with Gasteiger partial charge in [0.2, 0.25) is 0 Å². The van der Waals surface area contributed by atoms with Gasteiger partial charge in [0.15, 0.2) is 11.4 Å². The summed E-state index contributed by atoms with van der Waals surface area (Å²) in [6, 6.07) is 5.04. The third-order valence-electron chi connectivity index (χ3n) is 2.51. The summed E-state index contributed by atoms with van der Waals surface area (Å²) in [5, 5.41) is 7.30. The maximum atomic E-state index is 11.6. The summed E-state index contributed by atoms with van der Waals surface area (Å²) in [6.45, 7) is 3.77. The summed E-state index contributed by atoms with van der Waals surface area (Å²) >= 11 is 7.29. The number of aromatic amines is 1. The summed E-state index contributed by atoms with van der Waals surface area (Å²) in [7, 11) is 0. The lowest BCUT2D eigenvalue weighted by Crippen LogP contribution is -2.19. The van der Waals surface area contributed by atoms with E-state index in [1.54, 1.807) is 18.2 Å². The highest BCUT2D eigenvalue weighted by atomic mass is 35.5. The Morgan fingerprint density at radius 1 is 1.47 bits per heavy atom. The van der Waals surface area contributed by atoms with E-state index in [2.05, 4.69) is 10.2 Å². The van der Waals surface area contributed by atoms with E-state index in [0.717, 1.165) is 6.29 Å². The highest BCUT2D eigenvalue weighted by molar-refractivity contribution is 7.99. The molecule has 0 radical (unpaired) electrons. The first-order valence-corrected chi connectivity index (χ1v) is 6.82. The van der Waals surface area contributed by atoms with Crippen LogP contribution in [0, 0.1) is 0 Å². The summed E-state index contributed by atoms with van der Waals surface area (Å²) in [4.78, 5) is 23.3. The highest BCUT2D eigenvalue weighted by Crippen LogP contribution is 2.34. The van der Waals surface area contributed by atoms with Gasteiger partial charge in [0.05, 0.1) is 5.02 Å². The second-order valence-corrected chi connectivity index (χ2v) is 5.54. The topological polar surface area (TPSA) is 67.8 Å². The lowest BCUT2D eigenvalue weighted by atomic mass is 10.2. The van der Waals surface area contributed by atoms with Crippen LogP contribution in [0.2, 0.25) is 5.02 Å². The predicted octanol–water partition coefficient (Wildman–Crippen LogP) is 2.77. The number of aldehydes is 1. The molecule has 0 bridgehead atoms. The zero-order valence-electron chi connectivity index (χ0n) is 10.4. The number of aromatic nitrogens is 3. The Balaban J connectivity index is 2.48. The van der Waals surface area contributed by atoms with Gasteiger partial charge in [-0.1, -0.05) is 23.7 Å². The van der Waals surface area contributed by atoms with Crippen molar-refractivity contribution in [2.75, 3.05) is 0 Å². The number of hydrogen-bond acceptors (Lipinski definition) is 4. The minimum atomic E-state index is -0.280. The summed E-state index contributed by atoms with van der Waals surface area (Å²) in [5.41, 5.74) is 0.195. The fraction of sp³-hybridized carbons (Fsp3) is 0.250. The molecule has 1 aromatic heterocycles. The molecule has 2 aromatic rings. The van der Waals surface area contributed by atoms with E-state index in [0.29, 0.717) is 20.6 Å². The van der Waals surface area contributed by atoms with Gasteiger partial charge in [-0.2, -0.15) is 0 Å². The first-order chi connectivity index (χ1) is 9.04. The van der Waals surface area contributed by atoms with Crippen LogP contribution in [0.3, 0.4) is 0 Å². The van der Waals surface area contributed by atoms with E-state index in [4.69, 9.17) is 11.6 Å². The molecule has 0 aliphatic rings. The standard InChI is InChI=1S/C12H12ClN3O2S/c1-7(2)16-11(18)14-15-12(16)19-10-8(6-17)4-3-5-9(10)13/h3-7H,1-2H3,(H,14,18). The zero-order valence-corrected chi connectivity index (χ0v) is 12.0. The number of rotatable bonds is 4. The number of nitrogens with zero attached hydrogens (tertiary/aromatic N) is 2. The summed E-state index contributed by atoms with van der Waals surface area (Å²) in [6.07, 6.45) is 0.735. The fourth-order valence-electron chi connectivity index (χ4n) is 1.63. The normalized spacial score (nSPS) is 10.9. The van der Waals surface area contributed by atoms with Gasteiger partial charge in [0.1, 0.15) is 0 Å². The van der Waals surface area contributed by atoms with Gasteiger partial charge in [0.25, 0.3) is 0 Å². The number of H-pyrrole nitrogens is 1. The Hall–Kier alpha value is -1.53. The van der Waals surface area contributed by atoms with Crippen LogP contribution in [0.5, 0.6) is 0 Å². The molecule has 0 fully saturated rings. The van der Waals surface area contributed by atoms with Gasteiger partial charge >= 0.3 is 5.69 Å². The van der Waals surface area contributed by atoms with Gasteiger partial charge < -0.3 is 0 Å². The van der Waals surface area contributed by atoms with Crippen molar-refractivity contribution < 1.29 is 4.79 Å². The largest absolute Gasteiger partial charge is 0.344 e. The molecular weight excluding hydrogens is 286 g/mol. The van der Waals surface area contributed by atoms with E-state index in [-0.39, 0.29) is 11.7 Å². The zero-order chi connectivity index (χ0) is 14.0. The minimum absolute atomic E-state index is 0.0316. The van der Waals surface area contributed by atoms with Crippen LogP contribution in [0.1, 0.15) is 30.2 Å². The molecule has 1 aromatic carbocycles. The Kier molecular flexibility index (Phi) is 4.11. The molecule has 0 aliphatic heterocycles. The van der Waals surface area contributed by atoms with Crippen molar-refractivity contribution in [1.82, 2.24) is 14.8 Å². The number of benzene rings is 1. The van der Waals surface area contributed by atoms with Crippen LogP contribution >= 0.6 is 23.4 Å². The van der Waals surface area contributed by atoms with Crippen molar-refractivity contribution in [3.63, 3.8) is 0 Å². The molecule has 0 atom stereocenters. The minimum Gasteiger partial charge on any atom is -0.298 e. The molecular formula is C12H12ClN3O2S. The SMILES string of the molecule is CC(C)n1c(Sc2c(Cl)cccc2C=O)n[nH]c1=O. The second kappa shape index (κ2) is 5.63. The van der Waals surface area contributed by atoms with Crippen molar-refractivity contribution in [2.45, 2.75) is 29.9 Å². The van der Waals surface area contributed by atoms with Crippen molar-refractivity contribution in [3.8, 4) is 0 Å². The van der Waals surface area contributed by atoms with Crippen LogP contribution in [-0.2, 0) is 0 Å². The highest BCUT2D eigenvalue weighted by Gasteiger charge is 2.16. The number of carbonyl (C=O) groups is 1. The third-order valence-corrected chi connectivity index (χ3v) is 4.06. The van der Waals surface area contributed by atoms with Gasteiger partial charge in [-0.15, -0.1) is 5.10 Å². The van der Waals surface area contributed by atoms with Gasteiger partial charge in [0, 0.05) is 16.5 Å². The molecule has 5 nitrogen and oxygen atoms in total. The fourth-order valence-corrected chi connectivity index (χ4v) is 3.00. The first-order valence-electron chi connectivity index (χ1n) is 5.63. The van der Waals surface area contributed by atoms with Crippen LogP contribution in [0.15, 0.2) is 33.0 Å². The van der Waals surface area contributed by atoms with Gasteiger partial charge in [-0.3, -0.25) is 9.36 Å². The predicted molar refractivity (Wildman–Crippen MR) is 74.2 cm³/mol. The van der Waals surface area contributed by atoms with Crippen LogP contribution in [0.4, 0.5) is 0 Å². The molecule has 0 saturated carbocycles. The van der Waals surface area contributed by atoms with Gasteiger partial charge in [-0.25, -0.2) is 9.89 Å². The van der Waals surface area contributed by atoms with Crippen LogP contribution < -0.4 is 5.69 Å². The Bertz CT molecular complexity index is 663. The summed E-state index contributed by atoms with van der Waals surface area (Å²) < 4.78 is 1.52. The average Bonchev–Trinajstić information content (AvgIpc) is 2.73. The van der Waals surface area contributed by atoms with E-state index in [1.807, 2.05) is 13.8 Å². The summed E-state index contributed by atoms with van der Waals surface area (Å²) in [5.74, 6) is 0. The van der Waals surface area contributed by atoms with Crippen LogP contribution in [0.25, 0.3) is 0 Å². The molecule has 7 heteroatoms. The van der Waals surface area contributed by atoms with Crippen molar-refractivity contribution in [2.24, 2.45) is 0 Å². The number of nitrogens with one attached hydrogen (secondary N) is 1. The maximum absolute atomic E-state index is 11.6. The van der Waals surface area contributed by atoms with Crippen molar-refractivity contribution in [1.29, 1.82) is 0 Å². The monoisotopic (exact) mass is 297 g/mol. The molecule has 0 amide bonds. The molecule has 0 unspecified atom stereocenters. The molecule has 2 rings (SSSR count). The van der Waals surface area contributed by atoms with Crippen molar-refractivity contribution in [3.05, 3.63) is 39.3 Å². The van der Waals surface area contributed by atoms with Crippen LogP contribution in [-0.4, -0.2) is 21.1 Å². The maximum Gasteiger partial charge on any atom is 0.344 e. The quantitative estimate of drug-likeness (QED) is 0.881. The van der Waals surface area contributed by atoms with Crippen molar-refractivity contribution >= 4 is 29.6 Å². The second-order valence-electron chi connectivity index (χ2n) is 4.15. The molecule has 0 spiro atoms. The molecule has 100 valence electrons. The lowest BCUT2D eigenvalue weighted by molar-refractivity contribution is 0.112. The molecule has 0 saturated heterocycles. The first kappa shape index (κ1) is 13.9. The third kappa shape index (κ3) is 2.74. The number of carbonyl (C=O) groups excluding carboxylic acids is 1. The van der Waals surface area contributed by atoms with E-state index < -0.39 is 0 Å². The Morgan fingerprint density at radius 3 is 2.84 bits per heavy atom. The van der Waals surface area contributed by atoms with Gasteiger partial charge in [-0.05, 0) is 31.7 Å². The lowest BCUT2D eigenvalue weighted by Gasteiger charge is -2.10. The Labute approximate surface area is 119 Å². The van der Waals surface area contributed by atoms with E-state index in [9.17, 15) is 9.59 Å². The molecule has 1 N–H and O–H groups in total. The van der Waals surface area contributed by atoms with E-state index >= 15 is 0 Å². The molecule has 19 heavy (non-hydrogen) atoms. The Morgan fingerprint density at radius 2 is 2.21 bits per heavy atom. The smallest absolute Gasteiger partial charge is 0.298 e. The average molecular weight is 298 g/mol.